The Morgan fingerprint density at radius 3 is 3.06 bits per heavy atom. The molecule has 2 aromatic heterocycles. The van der Waals surface area contributed by atoms with E-state index in [0.29, 0.717) is 23.5 Å². The Morgan fingerprint density at radius 2 is 2.44 bits per heavy atom. The Labute approximate surface area is 113 Å². The molecule has 2 rings (SSSR count). The predicted molar refractivity (Wildman–Crippen MR) is 70.9 cm³/mol. The van der Waals surface area contributed by atoms with Crippen molar-refractivity contribution in [1.29, 1.82) is 0 Å². The molecule has 0 aliphatic carbocycles. The first-order valence-corrected chi connectivity index (χ1v) is 7.17. The van der Waals surface area contributed by atoms with E-state index in [4.69, 9.17) is 0 Å². The first kappa shape index (κ1) is 13.1. The first-order chi connectivity index (χ1) is 8.68. The molecular formula is C11H13N3O2S2. The van der Waals surface area contributed by atoms with Crippen LogP contribution >= 0.6 is 22.9 Å². The van der Waals surface area contributed by atoms with E-state index in [0.717, 1.165) is 17.1 Å². The lowest BCUT2D eigenvalue weighted by atomic mass is 10.1. The Hall–Kier alpha value is -1.31. The zero-order valence-corrected chi connectivity index (χ0v) is 11.4. The van der Waals surface area contributed by atoms with Crippen molar-refractivity contribution in [2.45, 2.75) is 19.4 Å². The van der Waals surface area contributed by atoms with Crippen molar-refractivity contribution >= 4 is 28.8 Å². The standard InChI is InChI=1S/C11H13N3O2S2/c1-7-10(18-14-13-7)11(16)12-4-2-9(15)8-3-5-17-6-8/h3,5-6,9,15H,2,4H2,1H3,(H,12,16). The van der Waals surface area contributed by atoms with Crippen molar-refractivity contribution < 1.29 is 9.90 Å². The Kier molecular flexibility index (Phi) is 4.40. The van der Waals surface area contributed by atoms with Crippen LogP contribution in [0.4, 0.5) is 0 Å². The van der Waals surface area contributed by atoms with Crippen molar-refractivity contribution in [2.24, 2.45) is 0 Å². The number of nitrogens with zero attached hydrogens (tertiary/aromatic N) is 2. The van der Waals surface area contributed by atoms with Gasteiger partial charge in [0.25, 0.3) is 5.91 Å². The quantitative estimate of drug-likeness (QED) is 0.877. The molecule has 1 atom stereocenters. The van der Waals surface area contributed by atoms with Gasteiger partial charge in [-0.25, -0.2) is 0 Å². The van der Waals surface area contributed by atoms with Crippen LogP contribution in [0.1, 0.15) is 33.5 Å². The molecule has 0 saturated carbocycles. The van der Waals surface area contributed by atoms with Crippen LogP contribution in [0.5, 0.6) is 0 Å². The summed E-state index contributed by atoms with van der Waals surface area (Å²) >= 11 is 2.63. The molecule has 7 heteroatoms. The van der Waals surface area contributed by atoms with E-state index in [1.807, 2.05) is 16.8 Å². The van der Waals surface area contributed by atoms with Gasteiger partial charge in [0.15, 0.2) is 0 Å². The van der Waals surface area contributed by atoms with Gasteiger partial charge in [-0.15, -0.1) is 5.10 Å². The van der Waals surface area contributed by atoms with E-state index in [1.54, 1.807) is 18.3 Å². The zero-order valence-electron chi connectivity index (χ0n) is 9.79. The fourth-order valence-corrected chi connectivity index (χ4v) is 2.75. The van der Waals surface area contributed by atoms with E-state index < -0.39 is 6.10 Å². The number of amides is 1. The minimum atomic E-state index is -0.530. The van der Waals surface area contributed by atoms with Gasteiger partial charge in [0, 0.05) is 6.54 Å². The Balaban J connectivity index is 1.79. The van der Waals surface area contributed by atoms with Crippen LogP contribution in [0.2, 0.25) is 0 Å². The summed E-state index contributed by atoms with van der Waals surface area (Å²) in [5.74, 6) is -0.181. The molecule has 2 aromatic rings. The number of thiophene rings is 1. The number of aryl methyl sites for hydroxylation is 1. The van der Waals surface area contributed by atoms with E-state index in [1.165, 1.54) is 0 Å². The molecule has 0 aromatic carbocycles. The summed E-state index contributed by atoms with van der Waals surface area (Å²) in [5.41, 5.74) is 1.53. The third kappa shape index (κ3) is 3.12. The number of hydrogen-bond acceptors (Lipinski definition) is 6. The molecule has 2 N–H and O–H groups in total. The number of carbonyl (C=O) groups excluding carboxylic acids is 1. The Morgan fingerprint density at radius 1 is 1.61 bits per heavy atom. The molecule has 0 spiro atoms. The van der Waals surface area contributed by atoms with Gasteiger partial charge in [0.2, 0.25) is 0 Å². The monoisotopic (exact) mass is 283 g/mol. The molecule has 0 radical (unpaired) electrons. The lowest BCUT2D eigenvalue weighted by Crippen LogP contribution is -2.25. The number of nitrogens with one attached hydrogen (secondary N) is 1. The third-order valence-corrected chi connectivity index (χ3v) is 4.02. The van der Waals surface area contributed by atoms with Crippen molar-refractivity contribution in [3.05, 3.63) is 33.0 Å². The highest BCUT2D eigenvalue weighted by atomic mass is 32.1. The van der Waals surface area contributed by atoms with Gasteiger partial charge in [-0.05, 0) is 47.3 Å². The van der Waals surface area contributed by atoms with Gasteiger partial charge >= 0.3 is 0 Å². The molecule has 1 unspecified atom stereocenters. The van der Waals surface area contributed by atoms with Crippen LogP contribution in [-0.4, -0.2) is 27.1 Å². The molecule has 5 nitrogen and oxygen atoms in total. The van der Waals surface area contributed by atoms with Gasteiger partial charge < -0.3 is 10.4 Å². The van der Waals surface area contributed by atoms with Crippen molar-refractivity contribution in [3.63, 3.8) is 0 Å². The van der Waals surface area contributed by atoms with Crippen LogP contribution < -0.4 is 5.32 Å². The van der Waals surface area contributed by atoms with Crippen LogP contribution in [-0.2, 0) is 0 Å². The van der Waals surface area contributed by atoms with Crippen LogP contribution in [0.15, 0.2) is 16.8 Å². The molecule has 0 fully saturated rings. The average Bonchev–Trinajstić information content (AvgIpc) is 2.99. The molecular weight excluding hydrogens is 270 g/mol. The summed E-state index contributed by atoms with van der Waals surface area (Å²) < 4.78 is 3.71. The molecule has 18 heavy (non-hydrogen) atoms. The second-order valence-electron chi connectivity index (χ2n) is 3.80. The highest BCUT2D eigenvalue weighted by Crippen LogP contribution is 2.18. The molecule has 0 saturated heterocycles. The minimum absolute atomic E-state index is 0.181. The fraction of sp³-hybridized carbons (Fsp3) is 0.364. The molecule has 1 amide bonds. The van der Waals surface area contributed by atoms with Crippen molar-refractivity contribution in [1.82, 2.24) is 14.9 Å². The van der Waals surface area contributed by atoms with E-state index in [9.17, 15) is 9.90 Å². The van der Waals surface area contributed by atoms with E-state index >= 15 is 0 Å². The van der Waals surface area contributed by atoms with E-state index in [-0.39, 0.29) is 5.91 Å². The van der Waals surface area contributed by atoms with Crippen LogP contribution in [0, 0.1) is 6.92 Å². The summed E-state index contributed by atoms with van der Waals surface area (Å²) in [6.45, 7) is 2.17. The number of rotatable bonds is 5. The highest BCUT2D eigenvalue weighted by molar-refractivity contribution is 7.08. The second kappa shape index (κ2) is 6.03. The zero-order chi connectivity index (χ0) is 13.0. The van der Waals surface area contributed by atoms with Crippen molar-refractivity contribution in [3.8, 4) is 0 Å². The van der Waals surface area contributed by atoms with Gasteiger partial charge in [-0.2, -0.15) is 11.3 Å². The molecule has 0 bridgehead atoms. The van der Waals surface area contributed by atoms with Crippen LogP contribution in [0.3, 0.4) is 0 Å². The summed E-state index contributed by atoms with van der Waals surface area (Å²) in [5, 5.41) is 20.2. The average molecular weight is 283 g/mol. The second-order valence-corrected chi connectivity index (χ2v) is 5.34. The topological polar surface area (TPSA) is 75.1 Å². The summed E-state index contributed by atoms with van der Waals surface area (Å²) in [6.07, 6.45) is -0.0365. The molecule has 0 aliphatic rings. The van der Waals surface area contributed by atoms with Crippen LogP contribution in [0.25, 0.3) is 0 Å². The highest BCUT2D eigenvalue weighted by Gasteiger charge is 2.13. The number of aliphatic hydroxyl groups is 1. The van der Waals surface area contributed by atoms with Gasteiger partial charge in [0.05, 0.1) is 11.8 Å². The van der Waals surface area contributed by atoms with Gasteiger partial charge in [-0.1, -0.05) is 4.49 Å². The lowest BCUT2D eigenvalue weighted by molar-refractivity contribution is 0.0946. The molecule has 2 heterocycles. The first-order valence-electron chi connectivity index (χ1n) is 5.46. The van der Waals surface area contributed by atoms with E-state index in [2.05, 4.69) is 14.9 Å². The minimum Gasteiger partial charge on any atom is -0.388 e. The summed E-state index contributed by atoms with van der Waals surface area (Å²) in [4.78, 5) is 12.3. The Bertz CT molecular complexity index is 510. The number of aromatic nitrogens is 2. The maximum Gasteiger partial charge on any atom is 0.264 e. The number of carbonyl (C=O) groups is 1. The number of aliphatic hydroxyl groups excluding tert-OH is 1. The smallest absolute Gasteiger partial charge is 0.264 e. The lowest BCUT2D eigenvalue weighted by Gasteiger charge is -2.09. The fourth-order valence-electron chi connectivity index (χ4n) is 1.47. The predicted octanol–water partition coefficient (Wildman–Crippen LogP) is 1.76. The normalized spacial score (nSPS) is 12.3. The maximum absolute atomic E-state index is 11.7. The van der Waals surface area contributed by atoms with Gasteiger partial charge in [-0.3, -0.25) is 4.79 Å². The largest absolute Gasteiger partial charge is 0.388 e. The van der Waals surface area contributed by atoms with Gasteiger partial charge in [0.1, 0.15) is 4.88 Å². The van der Waals surface area contributed by atoms with Crippen molar-refractivity contribution in [2.75, 3.05) is 6.54 Å². The SMILES string of the molecule is Cc1nnsc1C(=O)NCCC(O)c1ccsc1. The number of hydrogen-bond donors (Lipinski definition) is 2. The summed E-state index contributed by atoms with van der Waals surface area (Å²) in [7, 11) is 0. The molecule has 0 aliphatic heterocycles. The summed E-state index contributed by atoms with van der Waals surface area (Å²) in [6, 6.07) is 1.88. The maximum atomic E-state index is 11.7. The molecule has 96 valence electrons. The third-order valence-electron chi connectivity index (χ3n) is 2.49.